The Morgan fingerprint density at radius 3 is 2.60 bits per heavy atom. The van der Waals surface area contributed by atoms with Crippen molar-refractivity contribution in [1.29, 1.82) is 0 Å². The minimum absolute atomic E-state index is 0.177. The predicted molar refractivity (Wildman–Crippen MR) is 119 cm³/mol. The van der Waals surface area contributed by atoms with Crippen molar-refractivity contribution in [2.45, 2.75) is 4.90 Å². The van der Waals surface area contributed by atoms with Crippen LogP contribution in [0.4, 0.5) is 10.8 Å². The number of carbonyl (C=O) groups is 3. The molecule has 0 radical (unpaired) electrons. The van der Waals surface area contributed by atoms with Gasteiger partial charge in [0.2, 0.25) is 11.8 Å². The molecule has 152 valence electrons. The molecule has 2 amide bonds. The third-order valence-corrected chi connectivity index (χ3v) is 5.42. The van der Waals surface area contributed by atoms with E-state index in [2.05, 4.69) is 15.6 Å². The molecule has 0 saturated heterocycles. The van der Waals surface area contributed by atoms with Crippen molar-refractivity contribution in [1.82, 2.24) is 4.98 Å². The van der Waals surface area contributed by atoms with Gasteiger partial charge >= 0.3 is 5.97 Å². The summed E-state index contributed by atoms with van der Waals surface area (Å²) in [7, 11) is 0. The largest absolute Gasteiger partial charge is 0.478 e. The van der Waals surface area contributed by atoms with Gasteiger partial charge in [-0.1, -0.05) is 36.4 Å². The number of rotatable bonds is 8. The third kappa shape index (κ3) is 6.57. The molecule has 1 aromatic heterocycles. The summed E-state index contributed by atoms with van der Waals surface area (Å²) in [5.74, 6) is -1.75. The average molecular weight is 440 g/mol. The maximum absolute atomic E-state index is 12.2. The summed E-state index contributed by atoms with van der Waals surface area (Å²) in [6.07, 6.45) is 1.70. The van der Waals surface area contributed by atoms with Crippen LogP contribution in [0.3, 0.4) is 0 Å². The number of aromatic nitrogens is 1. The predicted octanol–water partition coefficient (Wildman–Crippen LogP) is 4.12. The normalized spacial score (nSPS) is 10.7. The molecular weight excluding hydrogens is 422 g/mol. The highest BCUT2D eigenvalue weighted by atomic mass is 32.2. The molecule has 0 atom stereocenters. The Balaban J connectivity index is 1.52. The van der Waals surface area contributed by atoms with Gasteiger partial charge in [0, 0.05) is 33.7 Å². The third-order valence-electron chi connectivity index (χ3n) is 3.67. The van der Waals surface area contributed by atoms with Gasteiger partial charge in [-0.2, -0.15) is 0 Å². The molecule has 3 aromatic rings. The second kappa shape index (κ2) is 10.4. The summed E-state index contributed by atoms with van der Waals surface area (Å²) in [6, 6.07) is 16.7. The lowest BCUT2D eigenvalue weighted by Crippen LogP contribution is -2.13. The van der Waals surface area contributed by atoms with Crippen molar-refractivity contribution in [2.24, 2.45) is 0 Å². The number of thioether (sulfide) groups is 1. The Labute approximate surface area is 180 Å². The summed E-state index contributed by atoms with van der Waals surface area (Å²) in [6.45, 7) is 0. The first kappa shape index (κ1) is 21.3. The van der Waals surface area contributed by atoms with Crippen molar-refractivity contribution in [2.75, 3.05) is 16.4 Å². The Bertz CT molecular complexity index is 1080. The second-order valence-corrected chi connectivity index (χ2v) is 7.84. The first-order chi connectivity index (χ1) is 14.5. The number of aliphatic carboxylic acids is 1. The maximum atomic E-state index is 12.2. The van der Waals surface area contributed by atoms with Gasteiger partial charge in [-0.15, -0.1) is 23.1 Å². The van der Waals surface area contributed by atoms with Gasteiger partial charge in [-0.3, -0.25) is 9.59 Å². The summed E-state index contributed by atoms with van der Waals surface area (Å²) in [4.78, 5) is 39.6. The van der Waals surface area contributed by atoms with E-state index in [1.807, 2.05) is 41.8 Å². The molecule has 0 aliphatic heterocycles. The Kier molecular flexibility index (Phi) is 7.36. The number of hydrogen-bond acceptors (Lipinski definition) is 6. The number of benzene rings is 2. The number of carbonyl (C=O) groups excluding carboxylic acids is 2. The van der Waals surface area contributed by atoms with Gasteiger partial charge in [0.25, 0.3) is 0 Å². The van der Waals surface area contributed by atoms with Gasteiger partial charge in [0.15, 0.2) is 5.13 Å². The van der Waals surface area contributed by atoms with Crippen LogP contribution in [-0.2, 0) is 14.4 Å². The van der Waals surface area contributed by atoms with Crippen molar-refractivity contribution < 1.29 is 19.5 Å². The first-order valence-corrected chi connectivity index (χ1v) is 10.6. The first-order valence-electron chi connectivity index (χ1n) is 8.75. The molecule has 1 heterocycles. The van der Waals surface area contributed by atoms with Crippen molar-refractivity contribution >= 4 is 51.7 Å². The number of nitrogens with one attached hydrogen (secondary N) is 2. The monoisotopic (exact) mass is 439 g/mol. The zero-order chi connectivity index (χ0) is 21.3. The van der Waals surface area contributed by atoms with Crippen molar-refractivity contribution in [3.8, 4) is 11.3 Å². The van der Waals surface area contributed by atoms with Gasteiger partial charge in [0.05, 0.1) is 11.4 Å². The van der Waals surface area contributed by atoms with Crippen LogP contribution in [0.25, 0.3) is 11.3 Å². The highest BCUT2D eigenvalue weighted by Crippen LogP contribution is 2.25. The number of amides is 2. The molecule has 3 rings (SSSR count). The number of carboxylic acids is 1. The molecule has 0 aliphatic rings. The van der Waals surface area contributed by atoms with Gasteiger partial charge < -0.3 is 15.7 Å². The van der Waals surface area contributed by atoms with Crippen LogP contribution < -0.4 is 10.6 Å². The Hall–Kier alpha value is -3.43. The molecule has 0 aliphatic carbocycles. The molecule has 0 unspecified atom stereocenters. The molecule has 2 aromatic carbocycles. The lowest BCUT2D eigenvalue weighted by atomic mass is 10.2. The quantitative estimate of drug-likeness (QED) is 0.360. The van der Waals surface area contributed by atoms with Gasteiger partial charge in [-0.05, 0) is 18.2 Å². The zero-order valence-corrected chi connectivity index (χ0v) is 17.2. The fourth-order valence-corrected chi connectivity index (χ4v) is 3.86. The molecule has 0 bridgehead atoms. The number of hydrogen-bond donors (Lipinski definition) is 3. The van der Waals surface area contributed by atoms with E-state index in [9.17, 15) is 14.4 Å². The van der Waals surface area contributed by atoms with Crippen LogP contribution in [0.1, 0.15) is 0 Å². The molecule has 7 nitrogen and oxygen atoms in total. The lowest BCUT2D eigenvalue weighted by molar-refractivity contribution is -0.131. The van der Waals surface area contributed by atoms with Crippen LogP contribution in [-0.4, -0.2) is 33.6 Å². The number of anilines is 2. The number of nitrogens with zero attached hydrogens (tertiary/aromatic N) is 1. The molecule has 0 spiro atoms. The van der Waals surface area contributed by atoms with Crippen LogP contribution in [0.2, 0.25) is 0 Å². The minimum Gasteiger partial charge on any atom is -0.478 e. The fourth-order valence-electron chi connectivity index (χ4n) is 2.37. The SMILES string of the molecule is O=C(O)/C=C/C(=O)Nc1cccc(SCC(=O)Nc2nc(-c3ccccc3)cs2)c1. The molecule has 0 fully saturated rings. The lowest BCUT2D eigenvalue weighted by Gasteiger charge is -2.06. The van der Waals surface area contributed by atoms with Gasteiger partial charge in [0.1, 0.15) is 0 Å². The highest BCUT2D eigenvalue weighted by molar-refractivity contribution is 8.00. The maximum Gasteiger partial charge on any atom is 0.328 e. The van der Waals surface area contributed by atoms with Crippen LogP contribution >= 0.6 is 23.1 Å². The van der Waals surface area contributed by atoms with Crippen molar-refractivity contribution in [3.63, 3.8) is 0 Å². The van der Waals surface area contributed by atoms with E-state index in [1.165, 1.54) is 23.1 Å². The van der Waals surface area contributed by atoms with E-state index in [0.29, 0.717) is 10.8 Å². The zero-order valence-electron chi connectivity index (χ0n) is 15.6. The summed E-state index contributed by atoms with van der Waals surface area (Å²) >= 11 is 2.67. The van der Waals surface area contributed by atoms with Crippen LogP contribution in [0.15, 0.2) is 77.0 Å². The highest BCUT2D eigenvalue weighted by Gasteiger charge is 2.09. The van der Waals surface area contributed by atoms with Crippen molar-refractivity contribution in [3.05, 3.63) is 72.1 Å². The number of thiazole rings is 1. The summed E-state index contributed by atoms with van der Waals surface area (Å²) in [5.41, 5.74) is 2.30. The van der Waals surface area contributed by atoms with E-state index in [0.717, 1.165) is 28.3 Å². The number of carboxylic acid groups (broad SMARTS) is 1. The van der Waals surface area contributed by atoms with Gasteiger partial charge in [-0.25, -0.2) is 9.78 Å². The molecule has 3 N–H and O–H groups in total. The Morgan fingerprint density at radius 2 is 1.83 bits per heavy atom. The smallest absolute Gasteiger partial charge is 0.328 e. The topological polar surface area (TPSA) is 108 Å². The van der Waals surface area contributed by atoms with E-state index >= 15 is 0 Å². The summed E-state index contributed by atoms with van der Waals surface area (Å²) < 4.78 is 0. The standard InChI is InChI=1S/C21H17N3O4S2/c25-18(9-10-20(27)28)22-15-7-4-8-16(11-15)29-13-19(26)24-21-23-17(12-30-21)14-5-2-1-3-6-14/h1-12H,13H2,(H,22,25)(H,27,28)(H,23,24,26)/b10-9+. The molecular formula is C21H17N3O4S2. The van der Waals surface area contributed by atoms with E-state index in [4.69, 9.17) is 5.11 Å². The average Bonchev–Trinajstić information content (AvgIpc) is 3.20. The van der Waals surface area contributed by atoms with Crippen LogP contribution in [0, 0.1) is 0 Å². The Morgan fingerprint density at radius 1 is 1.03 bits per heavy atom. The van der Waals surface area contributed by atoms with E-state index < -0.39 is 11.9 Å². The van der Waals surface area contributed by atoms with E-state index in [1.54, 1.807) is 18.2 Å². The molecule has 9 heteroatoms. The minimum atomic E-state index is -1.20. The van der Waals surface area contributed by atoms with Crippen LogP contribution in [0.5, 0.6) is 0 Å². The fraction of sp³-hybridized carbons (Fsp3) is 0.0476. The molecule has 0 saturated carbocycles. The summed E-state index contributed by atoms with van der Waals surface area (Å²) in [5, 5.41) is 16.3. The molecule has 30 heavy (non-hydrogen) atoms. The second-order valence-electron chi connectivity index (χ2n) is 5.93. The van der Waals surface area contributed by atoms with E-state index in [-0.39, 0.29) is 11.7 Å².